The van der Waals surface area contributed by atoms with Gasteiger partial charge >= 0.3 is 0 Å². The highest BCUT2D eigenvalue weighted by Gasteiger charge is 2.11. The molecule has 0 saturated carbocycles. The van der Waals surface area contributed by atoms with Gasteiger partial charge in [-0.05, 0) is 24.5 Å². The predicted octanol–water partition coefficient (Wildman–Crippen LogP) is 2.10. The Bertz CT molecular complexity index is 487. The minimum atomic E-state index is -0.0228. The van der Waals surface area contributed by atoms with Gasteiger partial charge in [-0.15, -0.1) is 0 Å². The molecule has 0 aliphatic carbocycles. The number of aromatic nitrogens is 3. The average molecular weight is 244 g/mol. The molecule has 1 aromatic carbocycles. The average Bonchev–Trinajstić information content (AvgIpc) is 2.86. The molecular weight excluding hydrogens is 224 g/mol. The topological polar surface area (TPSA) is 56.7 Å². The Morgan fingerprint density at radius 2 is 1.94 bits per heavy atom. The van der Waals surface area contributed by atoms with Gasteiger partial charge in [-0.3, -0.25) is 4.68 Å². The van der Waals surface area contributed by atoms with Crippen LogP contribution in [0.1, 0.15) is 36.8 Å². The summed E-state index contributed by atoms with van der Waals surface area (Å²) in [4.78, 5) is 4.26. The van der Waals surface area contributed by atoms with Crippen molar-refractivity contribution in [2.24, 2.45) is 5.73 Å². The van der Waals surface area contributed by atoms with Gasteiger partial charge in [-0.25, -0.2) is 4.98 Å². The van der Waals surface area contributed by atoms with Gasteiger partial charge in [0.15, 0.2) is 0 Å². The van der Waals surface area contributed by atoms with Crippen LogP contribution in [0.2, 0.25) is 0 Å². The number of nitrogens with zero attached hydrogens (tertiary/aromatic N) is 3. The molecule has 4 nitrogen and oxygen atoms in total. The molecule has 0 fully saturated rings. The summed E-state index contributed by atoms with van der Waals surface area (Å²) in [6.07, 6.45) is 3.37. The van der Waals surface area contributed by atoms with Crippen LogP contribution in [0.25, 0.3) is 0 Å². The molecular formula is C14H20N4. The molecule has 2 aromatic rings. The molecule has 1 atom stereocenters. The molecule has 4 heteroatoms. The van der Waals surface area contributed by atoms with Crippen LogP contribution in [-0.4, -0.2) is 14.8 Å². The van der Waals surface area contributed by atoms with Crippen molar-refractivity contribution in [1.82, 2.24) is 14.8 Å². The van der Waals surface area contributed by atoms with Gasteiger partial charge in [-0.2, -0.15) is 5.10 Å². The first-order valence-electron chi connectivity index (χ1n) is 6.45. The highest BCUT2D eigenvalue weighted by molar-refractivity contribution is 5.25. The lowest BCUT2D eigenvalue weighted by Crippen LogP contribution is -2.16. The monoisotopic (exact) mass is 244 g/mol. The molecule has 0 saturated heterocycles. The molecule has 2 rings (SSSR count). The lowest BCUT2D eigenvalue weighted by atomic mass is 10.0. The summed E-state index contributed by atoms with van der Waals surface area (Å²) in [6.45, 7) is 5.04. The van der Waals surface area contributed by atoms with Gasteiger partial charge in [0.2, 0.25) is 0 Å². The van der Waals surface area contributed by atoms with Gasteiger partial charge in [-0.1, -0.05) is 31.2 Å². The first-order chi connectivity index (χ1) is 8.74. The second-order valence-electron chi connectivity index (χ2n) is 4.40. The molecule has 18 heavy (non-hydrogen) atoms. The minimum absolute atomic E-state index is 0.0228. The van der Waals surface area contributed by atoms with Gasteiger partial charge in [0.1, 0.15) is 12.2 Å². The Labute approximate surface area is 108 Å². The fourth-order valence-electron chi connectivity index (χ4n) is 2.03. The highest BCUT2D eigenvalue weighted by Crippen LogP contribution is 2.16. The molecule has 0 aliphatic heterocycles. The number of nitrogens with two attached hydrogens (primary N) is 1. The Kier molecular flexibility index (Phi) is 4.10. The van der Waals surface area contributed by atoms with E-state index in [0.29, 0.717) is 0 Å². The zero-order chi connectivity index (χ0) is 13.0. The summed E-state index contributed by atoms with van der Waals surface area (Å²) >= 11 is 0. The molecule has 1 heterocycles. The number of benzene rings is 1. The van der Waals surface area contributed by atoms with E-state index in [4.69, 9.17) is 5.73 Å². The van der Waals surface area contributed by atoms with E-state index in [1.54, 1.807) is 6.33 Å². The van der Waals surface area contributed by atoms with Crippen molar-refractivity contribution in [2.45, 2.75) is 39.3 Å². The highest BCUT2D eigenvalue weighted by atomic mass is 15.3. The van der Waals surface area contributed by atoms with Gasteiger partial charge < -0.3 is 5.73 Å². The van der Waals surface area contributed by atoms with E-state index in [1.165, 1.54) is 5.56 Å². The Balaban J connectivity index is 2.09. The Hall–Kier alpha value is -1.68. The molecule has 0 amide bonds. The van der Waals surface area contributed by atoms with Crippen LogP contribution in [0.5, 0.6) is 0 Å². The predicted molar refractivity (Wildman–Crippen MR) is 72.1 cm³/mol. The molecule has 1 unspecified atom stereocenters. The standard InChI is InChI=1S/C14H20N4/c1-3-11-5-7-12(8-6-11)13(15)9-14-16-10-17-18(14)4-2/h5-8,10,13H,3-4,9,15H2,1-2H3. The maximum absolute atomic E-state index is 6.22. The molecule has 1 aromatic heterocycles. The minimum Gasteiger partial charge on any atom is -0.324 e. The molecule has 0 radical (unpaired) electrons. The second-order valence-corrected chi connectivity index (χ2v) is 4.40. The maximum Gasteiger partial charge on any atom is 0.138 e. The number of rotatable bonds is 5. The second kappa shape index (κ2) is 5.78. The van der Waals surface area contributed by atoms with E-state index >= 15 is 0 Å². The van der Waals surface area contributed by atoms with Crippen LogP contribution in [0.4, 0.5) is 0 Å². The smallest absolute Gasteiger partial charge is 0.138 e. The van der Waals surface area contributed by atoms with Crippen molar-refractivity contribution >= 4 is 0 Å². The van der Waals surface area contributed by atoms with Crippen molar-refractivity contribution in [3.05, 3.63) is 47.5 Å². The van der Waals surface area contributed by atoms with E-state index < -0.39 is 0 Å². The summed E-state index contributed by atoms with van der Waals surface area (Å²) in [5.41, 5.74) is 8.71. The van der Waals surface area contributed by atoms with E-state index in [-0.39, 0.29) is 6.04 Å². The van der Waals surface area contributed by atoms with Crippen molar-refractivity contribution in [2.75, 3.05) is 0 Å². The van der Waals surface area contributed by atoms with Crippen molar-refractivity contribution in [3.8, 4) is 0 Å². The fraction of sp³-hybridized carbons (Fsp3) is 0.429. The first kappa shape index (κ1) is 12.8. The summed E-state index contributed by atoms with van der Waals surface area (Å²) in [7, 11) is 0. The van der Waals surface area contributed by atoms with Crippen molar-refractivity contribution in [3.63, 3.8) is 0 Å². The van der Waals surface area contributed by atoms with Crippen LogP contribution in [0.15, 0.2) is 30.6 Å². The van der Waals surface area contributed by atoms with E-state index in [9.17, 15) is 0 Å². The summed E-state index contributed by atoms with van der Waals surface area (Å²) in [6, 6.07) is 8.47. The van der Waals surface area contributed by atoms with Crippen LogP contribution < -0.4 is 5.73 Å². The molecule has 0 bridgehead atoms. The maximum atomic E-state index is 6.22. The number of hydrogen-bond acceptors (Lipinski definition) is 3. The fourth-order valence-corrected chi connectivity index (χ4v) is 2.03. The molecule has 0 spiro atoms. The third-order valence-electron chi connectivity index (χ3n) is 3.21. The summed E-state index contributed by atoms with van der Waals surface area (Å²) in [5, 5.41) is 4.16. The lowest BCUT2D eigenvalue weighted by Gasteiger charge is -2.12. The summed E-state index contributed by atoms with van der Waals surface area (Å²) in [5.74, 6) is 0.949. The van der Waals surface area contributed by atoms with Crippen molar-refractivity contribution in [1.29, 1.82) is 0 Å². The number of aryl methyl sites for hydroxylation is 2. The van der Waals surface area contributed by atoms with E-state index in [1.807, 2.05) is 4.68 Å². The van der Waals surface area contributed by atoms with Crippen molar-refractivity contribution < 1.29 is 0 Å². The van der Waals surface area contributed by atoms with Gasteiger partial charge in [0.05, 0.1) is 0 Å². The largest absolute Gasteiger partial charge is 0.324 e. The lowest BCUT2D eigenvalue weighted by molar-refractivity contribution is 0.581. The molecule has 0 aliphatic rings. The summed E-state index contributed by atoms with van der Waals surface area (Å²) < 4.78 is 1.89. The molecule has 2 N–H and O–H groups in total. The SMILES string of the molecule is CCc1ccc(C(N)Cc2ncnn2CC)cc1. The normalized spacial score (nSPS) is 12.6. The Morgan fingerprint density at radius 3 is 2.56 bits per heavy atom. The van der Waals surface area contributed by atoms with Gasteiger partial charge in [0.25, 0.3) is 0 Å². The zero-order valence-corrected chi connectivity index (χ0v) is 11.0. The third-order valence-corrected chi connectivity index (χ3v) is 3.21. The van der Waals surface area contributed by atoms with E-state index in [2.05, 4.69) is 48.2 Å². The van der Waals surface area contributed by atoms with Crippen LogP contribution in [-0.2, 0) is 19.4 Å². The zero-order valence-electron chi connectivity index (χ0n) is 11.0. The quantitative estimate of drug-likeness (QED) is 0.876. The first-order valence-corrected chi connectivity index (χ1v) is 6.45. The van der Waals surface area contributed by atoms with E-state index in [0.717, 1.165) is 30.8 Å². The third kappa shape index (κ3) is 2.76. The Morgan fingerprint density at radius 1 is 1.22 bits per heavy atom. The number of hydrogen-bond donors (Lipinski definition) is 1. The van der Waals surface area contributed by atoms with Gasteiger partial charge in [0, 0.05) is 19.0 Å². The molecule has 96 valence electrons. The van der Waals surface area contributed by atoms with Crippen LogP contribution in [0, 0.1) is 0 Å². The van der Waals surface area contributed by atoms with Crippen LogP contribution >= 0.6 is 0 Å². The van der Waals surface area contributed by atoms with Crippen LogP contribution in [0.3, 0.4) is 0 Å².